The van der Waals surface area contributed by atoms with Crippen LogP contribution in [0.15, 0.2) is 0 Å². The number of carbonyl (C=O) groups is 1. The molecule has 0 bridgehead atoms. The van der Waals surface area contributed by atoms with Gasteiger partial charge in [0, 0.05) is 12.0 Å². The fourth-order valence-corrected chi connectivity index (χ4v) is 1.93. The summed E-state index contributed by atoms with van der Waals surface area (Å²) < 4.78 is 0. The van der Waals surface area contributed by atoms with Crippen molar-refractivity contribution in [1.29, 1.82) is 0 Å². The lowest BCUT2D eigenvalue weighted by Crippen LogP contribution is -2.45. The molecule has 78 valence electrons. The molecule has 1 amide bonds. The molecule has 0 fully saturated rings. The van der Waals surface area contributed by atoms with Crippen LogP contribution in [0.4, 0.5) is 0 Å². The molecule has 0 atom stereocenters. The average molecular weight is 186 g/mol. The molecule has 0 aromatic carbocycles. The first kappa shape index (κ1) is 12.4. The van der Waals surface area contributed by atoms with Crippen molar-refractivity contribution in [2.45, 2.75) is 51.5 Å². The molecule has 0 saturated carbocycles. The van der Waals surface area contributed by atoms with Crippen molar-refractivity contribution in [1.82, 2.24) is 5.32 Å². The van der Waals surface area contributed by atoms with Gasteiger partial charge in [0.15, 0.2) is 0 Å². The summed E-state index contributed by atoms with van der Waals surface area (Å²) in [6.07, 6.45) is 4.63. The van der Waals surface area contributed by atoms with Gasteiger partial charge < -0.3 is 11.1 Å². The molecule has 0 heterocycles. The second-order valence-electron chi connectivity index (χ2n) is 3.67. The first-order chi connectivity index (χ1) is 6.10. The maximum Gasteiger partial charge on any atom is 0.219 e. The van der Waals surface area contributed by atoms with E-state index >= 15 is 0 Å². The van der Waals surface area contributed by atoms with Crippen molar-refractivity contribution in [3.05, 3.63) is 0 Å². The number of primary amides is 1. The fraction of sp³-hybridized carbons (Fsp3) is 0.900. The van der Waals surface area contributed by atoms with Crippen LogP contribution in [-0.4, -0.2) is 18.5 Å². The van der Waals surface area contributed by atoms with Gasteiger partial charge in [-0.3, -0.25) is 4.79 Å². The Morgan fingerprint density at radius 3 is 2.00 bits per heavy atom. The lowest BCUT2D eigenvalue weighted by atomic mass is 9.85. The van der Waals surface area contributed by atoms with Gasteiger partial charge in [-0.15, -0.1) is 0 Å². The summed E-state index contributed by atoms with van der Waals surface area (Å²) in [5.74, 6) is -0.212. The predicted molar refractivity (Wildman–Crippen MR) is 55.4 cm³/mol. The van der Waals surface area contributed by atoms with Crippen LogP contribution >= 0.6 is 0 Å². The highest BCUT2D eigenvalue weighted by molar-refractivity contribution is 5.75. The highest BCUT2D eigenvalue weighted by Crippen LogP contribution is 2.22. The normalized spacial score (nSPS) is 11.6. The van der Waals surface area contributed by atoms with E-state index in [0.29, 0.717) is 6.42 Å². The summed E-state index contributed by atoms with van der Waals surface area (Å²) in [5.41, 5.74) is 5.18. The largest absolute Gasteiger partial charge is 0.370 e. The van der Waals surface area contributed by atoms with Crippen molar-refractivity contribution in [2.75, 3.05) is 7.05 Å². The third kappa shape index (κ3) is 4.27. The molecule has 0 radical (unpaired) electrons. The van der Waals surface area contributed by atoms with Gasteiger partial charge in [-0.1, -0.05) is 26.7 Å². The molecule has 0 aliphatic rings. The zero-order valence-electron chi connectivity index (χ0n) is 9.02. The van der Waals surface area contributed by atoms with Crippen molar-refractivity contribution in [2.24, 2.45) is 5.73 Å². The summed E-state index contributed by atoms with van der Waals surface area (Å²) in [7, 11) is 1.91. The van der Waals surface area contributed by atoms with Gasteiger partial charge in [-0.2, -0.15) is 0 Å². The number of nitrogens with one attached hydrogen (secondary N) is 1. The van der Waals surface area contributed by atoms with Gasteiger partial charge >= 0.3 is 0 Å². The van der Waals surface area contributed by atoms with Gasteiger partial charge in [0.25, 0.3) is 0 Å². The van der Waals surface area contributed by atoms with Gasteiger partial charge in [0.2, 0.25) is 5.91 Å². The molecule has 0 aromatic heterocycles. The minimum absolute atomic E-state index is 0.0602. The molecule has 0 aliphatic heterocycles. The molecule has 0 spiro atoms. The minimum Gasteiger partial charge on any atom is -0.370 e. The third-order valence-electron chi connectivity index (χ3n) is 2.50. The number of carbonyl (C=O) groups excluding carboxylic acids is 1. The number of rotatable bonds is 7. The lowest BCUT2D eigenvalue weighted by Gasteiger charge is -2.32. The van der Waals surface area contributed by atoms with Crippen molar-refractivity contribution >= 4 is 5.91 Å². The van der Waals surface area contributed by atoms with E-state index in [-0.39, 0.29) is 11.4 Å². The predicted octanol–water partition coefficient (Wildman–Crippen LogP) is 1.42. The molecule has 3 heteroatoms. The Kier molecular flexibility index (Phi) is 5.71. The van der Waals surface area contributed by atoms with E-state index in [0.717, 1.165) is 25.7 Å². The van der Waals surface area contributed by atoms with E-state index in [9.17, 15) is 4.79 Å². The summed E-state index contributed by atoms with van der Waals surface area (Å²) in [6.45, 7) is 4.26. The molecule has 0 aromatic rings. The zero-order valence-corrected chi connectivity index (χ0v) is 9.02. The minimum atomic E-state index is -0.212. The average Bonchev–Trinajstić information content (AvgIpc) is 2.04. The van der Waals surface area contributed by atoms with E-state index in [1.807, 2.05) is 7.05 Å². The highest BCUT2D eigenvalue weighted by Gasteiger charge is 2.27. The first-order valence-corrected chi connectivity index (χ1v) is 5.07. The maximum atomic E-state index is 10.9. The van der Waals surface area contributed by atoms with Crippen LogP contribution in [0.1, 0.15) is 46.0 Å². The van der Waals surface area contributed by atoms with E-state index in [4.69, 9.17) is 5.73 Å². The number of amides is 1. The smallest absolute Gasteiger partial charge is 0.219 e. The quantitative estimate of drug-likeness (QED) is 0.632. The molecule has 0 unspecified atom stereocenters. The Morgan fingerprint density at radius 2 is 1.77 bits per heavy atom. The Morgan fingerprint density at radius 1 is 1.31 bits per heavy atom. The number of hydrogen-bond donors (Lipinski definition) is 2. The van der Waals surface area contributed by atoms with E-state index < -0.39 is 0 Å². The Hall–Kier alpha value is -0.570. The molecule has 3 N–H and O–H groups in total. The first-order valence-electron chi connectivity index (χ1n) is 5.07. The molecular weight excluding hydrogens is 164 g/mol. The zero-order chi connectivity index (χ0) is 10.3. The summed E-state index contributed by atoms with van der Waals surface area (Å²) >= 11 is 0. The Bertz CT molecular complexity index is 151. The Balaban J connectivity index is 4.33. The number of nitrogens with two attached hydrogens (primary N) is 1. The maximum absolute atomic E-state index is 10.9. The summed E-state index contributed by atoms with van der Waals surface area (Å²) in [4.78, 5) is 10.9. The summed E-state index contributed by atoms with van der Waals surface area (Å²) in [6, 6.07) is 0. The third-order valence-corrected chi connectivity index (χ3v) is 2.50. The van der Waals surface area contributed by atoms with Crippen molar-refractivity contribution in [3.63, 3.8) is 0 Å². The van der Waals surface area contributed by atoms with Crippen molar-refractivity contribution in [3.8, 4) is 0 Å². The fourth-order valence-electron chi connectivity index (χ4n) is 1.93. The molecule has 13 heavy (non-hydrogen) atoms. The van der Waals surface area contributed by atoms with Crippen LogP contribution in [0.5, 0.6) is 0 Å². The Labute approximate surface area is 81.1 Å². The summed E-state index contributed by atoms with van der Waals surface area (Å²) in [5, 5.41) is 3.25. The van der Waals surface area contributed by atoms with Crippen LogP contribution in [0.25, 0.3) is 0 Å². The number of hydrogen-bond acceptors (Lipinski definition) is 2. The van der Waals surface area contributed by atoms with Crippen LogP contribution in [0.2, 0.25) is 0 Å². The lowest BCUT2D eigenvalue weighted by molar-refractivity contribution is -0.119. The molecule has 0 rings (SSSR count). The van der Waals surface area contributed by atoms with E-state index in [1.165, 1.54) is 0 Å². The second-order valence-corrected chi connectivity index (χ2v) is 3.67. The van der Waals surface area contributed by atoms with Gasteiger partial charge in [0.05, 0.1) is 0 Å². The standard InChI is InChI=1S/C10H22N2O/c1-4-6-10(12-3,7-5-2)8-9(11)13/h12H,4-8H2,1-3H3,(H2,11,13). The van der Waals surface area contributed by atoms with Crippen LogP contribution in [0.3, 0.4) is 0 Å². The van der Waals surface area contributed by atoms with Gasteiger partial charge in [0.1, 0.15) is 0 Å². The van der Waals surface area contributed by atoms with Gasteiger partial charge in [-0.25, -0.2) is 0 Å². The molecule has 3 nitrogen and oxygen atoms in total. The monoisotopic (exact) mass is 186 g/mol. The van der Waals surface area contributed by atoms with E-state index in [1.54, 1.807) is 0 Å². The molecule has 0 aliphatic carbocycles. The second kappa shape index (κ2) is 5.97. The topological polar surface area (TPSA) is 55.1 Å². The van der Waals surface area contributed by atoms with Crippen molar-refractivity contribution < 1.29 is 4.79 Å². The SMILES string of the molecule is CCCC(CCC)(CC(N)=O)NC. The van der Waals surface area contributed by atoms with Crippen LogP contribution < -0.4 is 11.1 Å². The van der Waals surface area contributed by atoms with Crippen LogP contribution in [-0.2, 0) is 4.79 Å². The highest BCUT2D eigenvalue weighted by atomic mass is 16.1. The van der Waals surface area contributed by atoms with E-state index in [2.05, 4.69) is 19.2 Å². The van der Waals surface area contributed by atoms with Crippen LogP contribution in [0, 0.1) is 0 Å². The molecule has 0 saturated heterocycles. The molecular formula is C10H22N2O. The van der Waals surface area contributed by atoms with Gasteiger partial charge in [-0.05, 0) is 19.9 Å².